The van der Waals surface area contributed by atoms with Crippen LogP contribution in [0.3, 0.4) is 0 Å². The molecule has 10 aromatic rings. The first-order valence-electron chi connectivity index (χ1n) is 17.6. The van der Waals surface area contributed by atoms with Gasteiger partial charge in [-0.25, -0.2) is 0 Å². The highest BCUT2D eigenvalue weighted by molar-refractivity contribution is 6.12. The number of fused-ring (bicyclic) bond motifs is 6. The lowest BCUT2D eigenvalue weighted by molar-refractivity contribution is 1.18. The van der Waals surface area contributed by atoms with Gasteiger partial charge in [-0.3, -0.25) is 0 Å². The highest BCUT2D eigenvalue weighted by Crippen LogP contribution is 2.38. The lowest BCUT2D eigenvalue weighted by Crippen LogP contribution is -1.94. The van der Waals surface area contributed by atoms with Crippen molar-refractivity contribution in [3.05, 3.63) is 194 Å². The Kier molecular flexibility index (Phi) is 6.87. The van der Waals surface area contributed by atoms with Gasteiger partial charge < -0.3 is 9.13 Å². The molecule has 2 aromatic heterocycles. The lowest BCUT2D eigenvalue weighted by atomic mass is 10.00. The predicted octanol–water partition coefficient (Wildman–Crippen LogP) is 12.8. The normalized spacial score (nSPS) is 11.4. The maximum Gasteiger partial charge on any atom is 0.0991 e. The van der Waals surface area contributed by atoms with Crippen LogP contribution in [0.2, 0.25) is 0 Å². The Morgan fingerprint density at radius 1 is 0.308 bits per heavy atom. The molecule has 0 N–H and O–H groups in total. The van der Waals surface area contributed by atoms with Gasteiger partial charge in [0.15, 0.2) is 0 Å². The van der Waals surface area contributed by atoms with E-state index in [4.69, 9.17) is 0 Å². The van der Waals surface area contributed by atoms with Gasteiger partial charge in [0.2, 0.25) is 0 Å². The molecule has 0 bridgehead atoms. The fourth-order valence-corrected chi connectivity index (χ4v) is 7.84. The van der Waals surface area contributed by atoms with Crippen LogP contribution in [0, 0.1) is 11.3 Å². The SMILES string of the molecule is N#Cc1ccc(-n2c3ccccc3c3cc(-c4ccc5c(c4)c4ccccc4n5-c4ccc(-c5ccc(-c6ccccc6)cc5)cc4)ccc32)cc1. The number of nitriles is 1. The first-order chi connectivity index (χ1) is 25.7. The summed E-state index contributed by atoms with van der Waals surface area (Å²) < 4.78 is 4.67. The van der Waals surface area contributed by atoms with E-state index < -0.39 is 0 Å². The van der Waals surface area contributed by atoms with Crippen molar-refractivity contribution < 1.29 is 0 Å². The summed E-state index contributed by atoms with van der Waals surface area (Å²) in [5, 5.41) is 14.2. The summed E-state index contributed by atoms with van der Waals surface area (Å²) in [5.41, 5.74) is 14.7. The Morgan fingerprint density at radius 3 is 1.15 bits per heavy atom. The third-order valence-electron chi connectivity index (χ3n) is 10.4. The molecule has 0 atom stereocenters. The van der Waals surface area contributed by atoms with E-state index in [0.29, 0.717) is 5.56 Å². The molecular formula is C49H31N3. The van der Waals surface area contributed by atoms with E-state index in [-0.39, 0.29) is 0 Å². The van der Waals surface area contributed by atoms with Crippen LogP contribution in [0.4, 0.5) is 0 Å². The molecule has 0 aliphatic carbocycles. The molecule has 0 spiro atoms. The molecule has 0 amide bonds. The third-order valence-corrected chi connectivity index (χ3v) is 10.4. The molecule has 242 valence electrons. The first kappa shape index (κ1) is 29.7. The molecular weight excluding hydrogens is 631 g/mol. The maximum absolute atomic E-state index is 9.35. The average molecular weight is 662 g/mol. The van der Waals surface area contributed by atoms with E-state index in [2.05, 4.69) is 179 Å². The Hall–Kier alpha value is -7.15. The maximum atomic E-state index is 9.35. The van der Waals surface area contributed by atoms with Gasteiger partial charge in [-0.05, 0) is 106 Å². The second kappa shape index (κ2) is 12.0. The highest BCUT2D eigenvalue weighted by atomic mass is 15.0. The molecule has 8 aromatic carbocycles. The minimum atomic E-state index is 0.658. The summed E-state index contributed by atoms with van der Waals surface area (Å²) in [7, 11) is 0. The van der Waals surface area contributed by atoms with Crippen LogP contribution in [-0.4, -0.2) is 9.13 Å². The minimum Gasteiger partial charge on any atom is -0.309 e. The summed E-state index contributed by atoms with van der Waals surface area (Å²) in [6.07, 6.45) is 0. The number of rotatable bonds is 5. The third kappa shape index (κ3) is 4.81. The van der Waals surface area contributed by atoms with Gasteiger partial charge >= 0.3 is 0 Å². The number of hydrogen-bond donors (Lipinski definition) is 0. The standard InChI is InChI=1S/C49H31N3/c50-32-33-14-24-40(25-15-33)51-46-12-6-4-10-42(46)44-30-38(22-28-48(44)51)39-23-29-49-45(31-39)43-11-5-7-13-47(43)52(49)41-26-20-37(21-27-41)36-18-16-35(17-19-36)34-8-2-1-3-9-34/h1-31H. The van der Waals surface area contributed by atoms with Gasteiger partial charge in [0, 0.05) is 32.9 Å². The monoisotopic (exact) mass is 661 g/mol. The smallest absolute Gasteiger partial charge is 0.0991 e. The van der Waals surface area contributed by atoms with Gasteiger partial charge in [0.1, 0.15) is 0 Å². The molecule has 0 radical (unpaired) electrons. The van der Waals surface area contributed by atoms with Crippen LogP contribution in [0.25, 0.3) is 88.4 Å². The van der Waals surface area contributed by atoms with E-state index >= 15 is 0 Å². The van der Waals surface area contributed by atoms with Gasteiger partial charge in [-0.2, -0.15) is 5.26 Å². The number of hydrogen-bond acceptors (Lipinski definition) is 1. The summed E-state index contributed by atoms with van der Waals surface area (Å²) in [6, 6.07) is 69.2. The quantitative estimate of drug-likeness (QED) is 0.181. The zero-order valence-corrected chi connectivity index (χ0v) is 28.2. The molecule has 2 heterocycles. The number of benzene rings is 8. The van der Waals surface area contributed by atoms with Crippen molar-refractivity contribution in [2.45, 2.75) is 0 Å². The lowest BCUT2D eigenvalue weighted by Gasteiger charge is -2.11. The Bertz CT molecular complexity index is 2980. The Morgan fingerprint density at radius 2 is 0.673 bits per heavy atom. The van der Waals surface area contributed by atoms with Gasteiger partial charge in [0.05, 0.1) is 33.7 Å². The van der Waals surface area contributed by atoms with Crippen molar-refractivity contribution in [3.8, 4) is 50.8 Å². The van der Waals surface area contributed by atoms with Crippen LogP contribution >= 0.6 is 0 Å². The van der Waals surface area contributed by atoms with Crippen LogP contribution in [0.15, 0.2) is 188 Å². The first-order valence-corrected chi connectivity index (χ1v) is 17.6. The summed E-state index contributed by atoms with van der Waals surface area (Å²) in [4.78, 5) is 0. The van der Waals surface area contributed by atoms with Gasteiger partial charge in [-0.1, -0.05) is 115 Å². The van der Waals surface area contributed by atoms with Crippen LogP contribution in [0.5, 0.6) is 0 Å². The average Bonchev–Trinajstić information content (AvgIpc) is 3.73. The second-order valence-electron chi connectivity index (χ2n) is 13.3. The summed E-state index contributed by atoms with van der Waals surface area (Å²) in [5.74, 6) is 0. The minimum absolute atomic E-state index is 0.658. The van der Waals surface area contributed by atoms with E-state index in [1.807, 2.05) is 24.3 Å². The van der Waals surface area contributed by atoms with Crippen molar-refractivity contribution in [1.29, 1.82) is 5.26 Å². The molecule has 3 nitrogen and oxygen atoms in total. The fraction of sp³-hybridized carbons (Fsp3) is 0. The number of aromatic nitrogens is 2. The highest BCUT2D eigenvalue weighted by Gasteiger charge is 2.16. The van der Waals surface area contributed by atoms with Gasteiger partial charge in [-0.15, -0.1) is 0 Å². The molecule has 0 unspecified atom stereocenters. The molecule has 0 saturated carbocycles. The molecule has 0 fully saturated rings. The van der Waals surface area contributed by atoms with Crippen LogP contribution in [0.1, 0.15) is 5.56 Å². The van der Waals surface area contributed by atoms with Crippen LogP contribution in [-0.2, 0) is 0 Å². The number of para-hydroxylation sites is 2. The van der Waals surface area contributed by atoms with Crippen molar-refractivity contribution >= 4 is 43.6 Å². The van der Waals surface area contributed by atoms with Crippen molar-refractivity contribution in [1.82, 2.24) is 9.13 Å². The summed E-state index contributed by atoms with van der Waals surface area (Å²) in [6.45, 7) is 0. The van der Waals surface area contributed by atoms with E-state index in [9.17, 15) is 5.26 Å². The Balaban J connectivity index is 1.04. The van der Waals surface area contributed by atoms with Crippen molar-refractivity contribution in [3.63, 3.8) is 0 Å². The van der Waals surface area contributed by atoms with Crippen molar-refractivity contribution in [2.75, 3.05) is 0 Å². The Labute approximate surface area is 301 Å². The van der Waals surface area contributed by atoms with E-state index in [1.54, 1.807) is 0 Å². The largest absolute Gasteiger partial charge is 0.309 e. The molecule has 0 aliphatic rings. The molecule has 0 saturated heterocycles. The number of nitrogens with zero attached hydrogens (tertiary/aromatic N) is 3. The predicted molar refractivity (Wildman–Crippen MR) is 216 cm³/mol. The van der Waals surface area contributed by atoms with Gasteiger partial charge in [0.25, 0.3) is 0 Å². The second-order valence-corrected chi connectivity index (χ2v) is 13.3. The molecule has 3 heteroatoms. The van der Waals surface area contributed by atoms with Crippen molar-refractivity contribution in [2.24, 2.45) is 0 Å². The molecule has 0 aliphatic heterocycles. The summed E-state index contributed by atoms with van der Waals surface area (Å²) >= 11 is 0. The fourth-order valence-electron chi connectivity index (χ4n) is 7.84. The zero-order chi connectivity index (χ0) is 34.6. The molecule has 10 rings (SSSR count). The zero-order valence-electron chi connectivity index (χ0n) is 28.2. The topological polar surface area (TPSA) is 33.6 Å². The van der Waals surface area contributed by atoms with E-state index in [1.165, 1.54) is 66.0 Å². The van der Waals surface area contributed by atoms with Crippen LogP contribution < -0.4 is 0 Å². The van der Waals surface area contributed by atoms with E-state index in [0.717, 1.165) is 22.4 Å². The molecule has 52 heavy (non-hydrogen) atoms.